The van der Waals surface area contributed by atoms with Gasteiger partial charge in [-0.2, -0.15) is 5.10 Å². The lowest BCUT2D eigenvalue weighted by Crippen LogP contribution is -2.17. The Morgan fingerprint density at radius 2 is 1.69 bits per heavy atom. The van der Waals surface area contributed by atoms with Crippen LogP contribution < -0.4 is 5.43 Å². The molecule has 4 rings (SSSR count). The van der Waals surface area contributed by atoms with Crippen LogP contribution in [0.1, 0.15) is 27.3 Å². The van der Waals surface area contributed by atoms with E-state index < -0.39 is 0 Å². The second-order valence-corrected chi connectivity index (χ2v) is 7.73. The summed E-state index contributed by atoms with van der Waals surface area (Å²) in [5.74, 6) is -0.230. The van der Waals surface area contributed by atoms with Crippen molar-refractivity contribution in [2.45, 2.75) is 13.8 Å². The number of fused-ring (bicyclic) bond motifs is 1. The smallest absolute Gasteiger partial charge is 0.271 e. The van der Waals surface area contributed by atoms with Gasteiger partial charge in [0.05, 0.1) is 11.9 Å². The molecule has 0 radical (unpaired) electrons. The molecule has 0 atom stereocenters. The highest BCUT2D eigenvalue weighted by Crippen LogP contribution is 2.26. The van der Waals surface area contributed by atoms with Gasteiger partial charge in [-0.15, -0.1) is 0 Å². The van der Waals surface area contributed by atoms with Gasteiger partial charge in [0.1, 0.15) is 0 Å². The highest BCUT2D eigenvalue weighted by Gasteiger charge is 2.11. The number of hydrogen-bond donors (Lipinski definition) is 1. The first-order chi connectivity index (χ1) is 14.0. The number of halogens is 1. The number of hydrogen-bond acceptors (Lipinski definition) is 2. The molecule has 1 N–H and O–H groups in total. The van der Waals surface area contributed by atoms with Crippen molar-refractivity contribution in [3.8, 4) is 5.69 Å². The lowest BCUT2D eigenvalue weighted by molar-refractivity contribution is 0.0955. The van der Waals surface area contributed by atoms with Crippen LogP contribution in [0.5, 0.6) is 0 Å². The average molecular weight is 446 g/mol. The number of aryl methyl sites for hydroxylation is 1. The predicted octanol–water partition coefficient (Wildman–Crippen LogP) is 5.77. The number of nitrogens with one attached hydrogen (secondary N) is 1. The lowest BCUT2D eigenvalue weighted by atomic mass is 10.1. The molecule has 0 fully saturated rings. The number of aromatic nitrogens is 1. The zero-order chi connectivity index (χ0) is 20.4. The normalized spacial score (nSPS) is 11.3. The Morgan fingerprint density at radius 1 is 0.966 bits per heavy atom. The monoisotopic (exact) mass is 445 g/mol. The Balaban J connectivity index is 1.54. The van der Waals surface area contributed by atoms with Gasteiger partial charge in [-0.1, -0.05) is 42.5 Å². The third-order valence-corrected chi connectivity index (χ3v) is 5.62. The number of carbonyl (C=O) groups is 1. The van der Waals surface area contributed by atoms with Crippen LogP contribution in [-0.2, 0) is 0 Å². The fraction of sp³-hybridized carbons (Fsp3) is 0.0833. The first kappa shape index (κ1) is 19.2. The van der Waals surface area contributed by atoms with Gasteiger partial charge in [0.25, 0.3) is 5.91 Å². The second kappa shape index (κ2) is 8.05. The van der Waals surface area contributed by atoms with E-state index in [4.69, 9.17) is 0 Å². The molecule has 0 aliphatic heterocycles. The fourth-order valence-corrected chi connectivity index (χ4v) is 3.94. The minimum atomic E-state index is -0.230. The summed E-state index contributed by atoms with van der Waals surface area (Å²) in [6.45, 7) is 4.09. The molecule has 0 saturated heterocycles. The van der Waals surface area contributed by atoms with Crippen molar-refractivity contribution in [2.24, 2.45) is 5.10 Å². The van der Waals surface area contributed by atoms with E-state index in [1.54, 1.807) is 6.21 Å². The molecule has 0 aliphatic rings. The summed E-state index contributed by atoms with van der Waals surface area (Å²) < 4.78 is 3.19. The van der Waals surface area contributed by atoms with Gasteiger partial charge >= 0.3 is 0 Å². The summed E-state index contributed by atoms with van der Waals surface area (Å²) >= 11 is 3.61. The Hall–Kier alpha value is -3.18. The van der Waals surface area contributed by atoms with Gasteiger partial charge in [0.2, 0.25) is 0 Å². The highest BCUT2D eigenvalue weighted by molar-refractivity contribution is 9.10. The molecule has 5 heteroatoms. The van der Waals surface area contributed by atoms with E-state index in [0.29, 0.717) is 5.56 Å². The summed E-state index contributed by atoms with van der Waals surface area (Å²) in [7, 11) is 0. The van der Waals surface area contributed by atoms with E-state index in [1.165, 1.54) is 0 Å². The minimum Gasteiger partial charge on any atom is -0.317 e. The third kappa shape index (κ3) is 3.87. The molecule has 0 saturated carbocycles. The van der Waals surface area contributed by atoms with Crippen molar-refractivity contribution in [1.82, 2.24) is 9.99 Å². The highest BCUT2D eigenvalue weighted by atomic mass is 79.9. The molecule has 3 aromatic carbocycles. The van der Waals surface area contributed by atoms with Gasteiger partial charge in [0, 0.05) is 27.0 Å². The number of hydrazone groups is 1. The van der Waals surface area contributed by atoms with Gasteiger partial charge in [-0.3, -0.25) is 4.79 Å². The van der Waals surface area contributed by atoms with Gasteiger partial charge < -0.3 is 4.57 Å². The summed E-state index contributed by atoms with van der Waals surface area (Å²) in [6.07, 6.45) is 1.69. The first-order valence-corrected chi connectivity index (χ1v) is 10.1. The van der Waals surface area contributed by atoms with Crippen molar-refractivity contribution in [3.63, 3.8) is 0 Å². The van der Waals surface area contributed by atoms with Gasteiger partial charge in [-0.25, -0.2) is 5.43 Å². The van der Waals surface area contributed by atoms with Crippen LogP contribution in [0.4, 0.5) is 0 Å². The van der Waals surface area contributed by atoms with Crippen molar-refractivity contribution in [1.29, 1.82) is 0 Å². The Labute approximate surface area is 178 Å². The Bertz CT molecular complexity index is 1240. The number of rotatable bonds is 4. The molecule has 4 nitrogen and oxygen atoms in total. The van der Waals surface area contributed by atoms with Crippen LogP contribution in [0.3, 0.4) is 0 Å². The summed E-state index contributed by atoms with van der Waals surface area (Å²) in [6, 6.07) is 23.7. The maximum Gasteiger partial charge on any atom is 0.271 e. The van der Waals surface area contributed by atoms with E-state index in [1.807, 2.05) is 67.6 Å². The largest absolute Gasteiger partial charge is 0.317 e. The topological polar surface area (TPSA) is 46.4 Å². The molecular weight excluding hydrogens is 426 g/mol. The van der Waals surface area contributed by atoms with Crippen LogP contribution >= 0.6 is 15.9 Å². The summed E-state index contributed by atoms with van der Waals surface area (Å²) in [5, 5.41) is 6.31. The zero-order valence-corrected chi connectivity index (χ0v) is 17.8. The maximum atomic E-state index is 12.5. The first-order valence-electron chi connectivity index (χ1n) is 9.30. The van der Waals surface area contributed by atoms with Gasteiger partial charge in [0.15, 0.2) is 0 Å². The number of carbonyl (C=O) groups excluding carboxylic acids is 1. The van der Waals surface area contributed by atoms with Crippen LogP contribution in [0.25, 0.3) is 16.5 Å². The Kier molecular flexibility index (Phi) is 5.32. The maximum absolute atomic E-state index is 12.5. The number of benzene rings is 3. The minimum absolute atomic E-state index is 0.230. The lowest BCUT2D eigenvalue weighted by Gasteiger charge is -2.11. The van der Waals surface area contributed by atoms with Crippen LogP contribution in [-0.4, -0.2) is 16.7 Å². The van der Waals surface area contributed by atoms with Crippen LogP contribution in [0, 0.1) is 13.8 Å². The second-order valence-electron chi connectivity index (χ2n) is 6.87. The summed E-state index contributed by atoms with van der Waals surface area (Å²) in [5.41, 5.74) is 7.39. The predicted molar refractivity (Wildman–Crippen MR) is 122 cm³/mol. The molecule has 4 aromatic rings. The molecule has 0 aliphatic carbocycles. The SMILES string of the molecule is Cc1cc(/C=N/NC(=O)c2ccc3ccccc3c2)c(C)n1-c1ccccc1Br. The number of amides is 1. The summed E-state index contributed by atoms with van der Waals surface area (Å²) in [4.78, 5) is 12.5. The van der Waals surface area contributed by atoms with E-state index in [9.17, 15) is 4.79 Å². The van der Waals surface area contributed by atoms with Crippen molar-refractivity contribution in [2.75, 3.05) is 0 Å². The molecule has 0 unspecified atom stereocenters. The van der Waals surface area contributed by atoms with Crippen molar-refractivity contribution >= 4 is 38.8 Å². The molecule has 1 heterocycles. The van der Waals surface area contributed by atoms with Crippen LogP contribution in [0.15, 0.2) is 82.4 Å². The Morgan fingerprint density at radius 3 is 2.48 bits per heavy atom. The average Bonchev–Trinajstić information content (AvgIpc) is 3.01. The molecule has 29 heavy (non-hydrogen) atoms. The van der Waals surface area contributed by atoms with Gasteiger partial charge in [-0.05, 0) is 70.9 Å². The van der Waals surface area contributed by atoms with Crippen LogP contribution in [0.2, 0.25) is 0 Å². The van der Waals surface area contributed by atoms with E-state index >= 15 is 0 Å². The molecule has 0 spiro atoms. The number of nitrogens with zero attached hydrogens (tertiary/aromatic N) is 2. The van der Waals surface area contributed by atoms with E-state index in [0.717, 1.165) is 37.9 Å². The third-order valence-electron chi connectivity index (χ3n) is 4.95. The fourth-order valence-electron chi connectivity index (χ4n) is 3.48. The quantitative estimate of drug-likeness (QED) is 0.314. The number of para-hydroxylation sites is 1. The molecule has 0 bridgehead atoms. The molecule has 144 valence electrons. The molecule has 1 aromatic heterocycles. The standard InChI is InChI=1S/C24H20BrN3O/c1-16-13-21(17(2)28(16)23-10-6-5-9-22(23)25)15-26-27-24(29)20-12-11-18-7-3-4-8-19(18)14-20/h3-15H,1-2H3,(H,27,29)/b26-15+. The molecular formula is C24H20BrN3O. The van der Waals surface area contributed by atoms with Crippen molar-refractivity contribution in [3.05, 3.63) is 99.8 Å². The van der Waals surface area contributed by atoms with E-state index in [-0.39, 0.29) is 5.91 Å². The molecule has 1 amide bonds. The van der Waals surface area contributed by atoms with Crippen molar-refractivity contribution < 1.29 is 4.79 Å². The van der Waals surface area contributed by atoms with E-state index in [2.05, 4.69) is 50.1 Å². The zero-order valence-electron chi connectivity index (χ0n) is 16.2.